The first-order valence-corrected chi connectivity index (χ1v) is 2.75. The van der Waals surface area contributed by atoms with E-state index < -0.39 is 27.2 Å². The van der Waals surface area contributed by atoms with Crippen molar-refractivity contribution in [1.82, 2.24) is 0 Å². The highest BCUT2D eigenvalue weighted by molar-refractivity contribution is 5.24. The first kappa shape index (κ1) is 8.31. The molecule has 1 aromatic heterocycles. The SMILES string of the molecule is O=[N+]([O-])c1cc(F)[n+]([O-])c(F)c1. The predicted molar refractivity (Wildman–Crippen MR) is 32.0 cm³/mol. The van der Waals surface area contributed by atoms with E-state index in [-0.39, 0.29) is 0 Å². The largest absolute Gasteiger partial charge is 0.614 e. The first-order valence-electron chi connectivity index (χ1n) is 2.75. The van der Waals surface area contributed by atoms with Gasteiger partial charge in [-0.2, -0.15) is 0 Å². The van der Waals surface area contributed by atoms with Crippen LogP contribution in [0.25, 0.3) is 0 Å². The molecule has 64 valence electrons. The zero-order chi connectivity index (χ0) is 9.30. The standard InChI is InChI=1S/C5H2F2N2O3/c6-4-1-3(9(11)12)2-5(7)8(4)10/h1-2H. The lowest BCUT2D eigenvalue weighted by atomic mass is 10.4. The summed E-state index contributed by atoms with van der Waals surface area (Å²) in [5.74, 6) is -3.08. The van der Waals surface area contributed by atoms with Crippen LogP contribution < -0.4 is 4.73 Å². The van der Waals surface area contributed by atoms with Gasteiger partial charge in [0, 0.05) is 0 Å². The molecule has 1 aromatic rings. The van der Waals surface area contributed by atoms with Crippen molar-refractivity contribution >= 4 is 5.69 Å². The van der Waals surface area contributed by atoms with E-state index in [2.05, 4.69) is 0 Å². The molecule has 0 amide bonds. The Kier molecular flexibility index (Phi) is 1.86. The lowest BCUT2D eigenvalue weighted by Crippen LogP contribution is -2.35. The summed E-state index contributed by atoms with van der Waals surface area (Å²) < 4.78 is 23.9. The number of halogens is 2. The van der Waals surface area contributed by atoms with Gasteiger partial charge in [0.2, 0.25) is 0 Å². The molecule has 0 bridgehead atoms. The van der Waals surface area contributed by atoms with Gasteiger partial charge in [0.25, 0.3) is 5.69 Å². The number of hydrogen-bond donors (Lipinski definition) is 0. The van der Waals surface area contributed by atoms with Crippen LogP contribution in [0.5, 0.6) is 0 Å². The van der Waals surface area contributed by atoms with E-state index in [1.165, 1.54) is 0 Å². The quantitative estimate of drug-likeness (QED) is 0.206. The van der Waals surface area contributed by atoms with Crippen LogP contribution in [-0.4, -0.2) is 4.92 Å². The Morgan fingerprint density at radius 3 is 2.08 bits per heavy atom. The number of pyridine rings is 1. The van der Waals surface area contributed by atoms with Crippen molar-refractivity contribution in [2.45, 2.75) is 0 Å². The molecule has 0 aliphatic carbocycles. The summed E-state index contributed by atoms with van der Waals surface area (Å²) in [6.45, 7) is 0. The average Bonchev–Trinajstić information content (AvgIpc) is 1.99. The van der Waals surface area contributed by atoms with Gasteiger partial charge >= 0.3 is 11.9 Å². The lowest BCUT2D eigenvalue weighted by Gasteiger charge is -1.96. The summed E-state index contributed by atoms with van der Waals surface area (Å²) in [6.07, 6.45) is 0. The third kappa shape index (κ3) is 1.29. The molecule has 0 unspecified atom stereocenters. The fourth-order valence-corrected chi connectivity index (χ4v) is 0.610. The van der Waals surface area contributed by atoms with Crippen LogP contribution in [0.15, 0.2) is 12.1 Å². The van der Waals surface area contributed by atoms with Crippen molar-refractivity contribution in [3.8, 4) is 0 Å². The second kappa shape index (κ2) is 2.68. The van der Waals surface area contributed by atoms with E-state index >= 15 is 0 Å². The average molecular weight is 176 g/mol. The van der Waals surface area contributed by atoms with Crippen LogP contribution >= 0.6 is 0 Å². The summed E-state index contributed by atoms with van der Waals surface area (Å²) >= 11 is 0. The monoisotopic (exact) mass is 176 g/mol. The summed E-state index contributed by atoms with van der Waals surface area (Å²) in [7, 11) is 0. The summed E-state index contributed by atoms with van der Waals surface area (Å²) in [5, 5.41) is 20.3. The minimum Gasteiger partial charge on any atom is -0.614 e. The smallest absolute Gasteiger partial charge is 0.380 e. The number of hydrogen-bond acceptors (Lipinski definition) is 3. The third-order valence-corrected chi connectivity index (χ3v) is 1.13. The minimum absolute atomic E-state index is 0.343. The Morgan fingerprint density at radius 1 is 1.33 bits per heavy atom. The van der Waals surface area contributed by atoms with Crippen molar-refractivity contribution in [1.29, 1.82) is 0 Å². The van der Waals surface area contributed by atoms with Crippen LogP contribution in [0.3, 0.4) is 0 Å². The summed E-state index contributed by atoms with van der Waals surface area (Å²) in [6, 6.07) is 0.687. The van der Waals surface area contributed by atoms with Crippen LogP contribution in [0.4, 0.5) is 14.5 Å². The number of rotatable bonds is 1. The fourth-order valence-electron chi connectivity index (χ4n) is 0.610. The van der Waals surface area contributed by atoms with E-state index in [0.717, 1.165) is 0 Å². The maximum absolute atomic E-state index is 12.3. The van der Waals surface area contributed by atoms with Gasteiger partial charge in [0.05, 0.1) is 4.92 Å². The van der Waals surface area contributed by atoms with Crippen LogP contribution in [0.1, 0.15) is 0 Å². The van der Waals surface area contributed by atoms with Gasteiger partial charge in [-0.15, -0.1) is 13.5 Å². The molecule has 0 spiro atoms. The Bertz CT molecular complexity index is 318. The van der Waals surface area contributed by atoms with Crippen LogP contribution in [0.2, 0.25) is 0 Å². The first-order chi connectivity index (χ1) is 5.52. The molecule has 5 nitrogen and oxygen atoms in total. The molecule has 0 saturated carbocycles. The minimum atomic E-state index is -1.54. The number of nitro groups is 1. The van der Waals surface area contributed by atoms with Gasteiger partial charge in [0.1, 0.15) is 12.1 Å². The zero-order valence-corrected chi connectivity index (χ0v) is 5.53. The number of nitrogens with zero attached hydrogens (tertiary/aromatic N) is 2. The van der Waals surface area contributed by atoms with Crippen molar-refractivity contribution in [3.05, 3.63) is 39.3 Å². The van der Waals surface area contributed by atoms with Gasteiger partial charge < -0.3 is 5.21 Å². The van der Waals surface area contributed by atoms with Gasteiger partial charge in [0.15, 0.2) is 0 Å². The molecular formula is C5H2F2N2O3. The van der Waals surface area contributed by atoms with E-state index in [1.807, 2.05) is 0 Å². The van der Waals surface area contributed by atoms with Gasteiger partial charge in [-0.1, -0.05) is 0 Å². The zero-order valence-electron chi connectivity index (χ0n) is 5.53. The molecule has 0 N–H and O–H groups in total. The molecule has 0 aliphatic heterocycles. The molecule has 0 fully saturated rings. The molecule has 7 heteroatoms. The van der Waals surface area contributed by atoms with Gasteiger partial charge in [-0.05, 0) is 0 Å². The molecule has 1 rings (SSSR count). The number of aromatic nitrogens is 1. The highest BCUT2D eigenvalue weighted by Gasteiger charge is 2.19. The van der Waals surface area contributed by atoms with Crippen molar-refractivity contribution < 1.29 is 18.4 Å². The predicted octanol–water partition coefficient (Wildman–Crippen LogP) is 0.506. The summed E-state index contributed by atoms with van der Waals surface area (Å²) in [5.41, 5.74) is -0.794. The van der Waals surface area contributed by atoms with Crippen LogP contribution in [0, 0.1) is 27.2 Å². The van der Waals surface area contributed by atoms with E-state index in [1.54, 1.807) is 0 Å². The van der Waals surface area contributed by atoms with Crippen LogP contribution in [-0.2, 0) is 0 Å². The maximum atomic E-state index is 12.3. The Balaban J connectivity index is 3.31. The molecule has 12 heavy (non-hydrogen) atoms. The van der Waals surface area contributed by atoms with Crippen molar-refractivity contribution in [2.75, 3.05) is 0 Å². The topological polar surface area (TPSA) is 70.1 Å². The normalized spacial score (nSPS) is 9.83. The summed E-state index contributed by atoms with van der Waals surface area (Å²) in [4.78, 5) is 8.98. The van der Waals surface area contributed by atoms with Gasteiger partial charge in [-0.3, -0.25) is 10.1 Å². The van der Waals surface area contributed by atoms with Gasteiger partial charge in [-0.25, -0.2) is 0 Å². The second-order valence-electron chi connectivity index (χ2n) is 1.91. The molecule has 0 saturated heterocycles. The Hall–Kier alpha value is -1.79. The Labute approximate surface area is 64.6 Å². The van der Waals surface area contributed by atoms with E-state index in [0.29, 0.717) is 12.1 Å². The molecular weight excluding hydrogens is 174 g/mol. The molecule has 0 aromatic carbocycles. The van der Waals surface area contributed by atoms with Crippen molar-refractivity contribution in [3.63, 3.8) is 0 Å². The lowest BCUT2D eigenvalue weighted by molar-refractivity contribution is -0.667. The van der Waals surface area contributed by atoms with Crippen molar-refractivity contribution in [2.24, 2.45) is 0 Å². The third-order valence-electron chi connectivity index (χ3n) is 1.13. The molecule has 1 heterocycles. The molecule has 0 aliphatic rings. The van der Waals surface area contributed by atoms with E-state index in [4.69, 9.17) is 0 Å². The maximum Gasteiger partial charge on any atom is 0.380 e. The fraction of sp³-hybridized carbons (Fsp3) is 0. The second-order valence-corrected chi connectivity index (χ2v) is 1.91. The highest BCUT2D eigenvalue weighted by atomic mass is 19.1. The van der Waals surface area contributed by atoms with E-state index in [9.17, 15) is 24.1 Å². The highest BCUT2D eigenvalue weighted by Crippen LogP contribution is 2.10. The molecule has 0 radical (unpaired) electrons. The Morgan fingerprint density at radius 2 is 1.75 bits per heavy atom. The molecule has 0 atom stereocenters.